The van der Waals surface area contributed by atoms with Crippen LogP contribution in [0.1, 0.15) is 87.0 Å². The Hall–Kier alpha value is -0.240. The van der Waals surface area contributed by atoms with Gasteiger partial charge in [-0.15, -0.1) is 0 Å². The molecule has 2 aliphatic heterocycles. The lowest BCUT2D eigenvalue weighted by Crippen LogP contribution is -2.60. The van der Waals surface area contributed by atoms with Gasteiger partial charge in [-0.25, -0.2) is 0 Å². The second-order valence-corrected chi connectivity index (χ2v) is 11.3. The van der Waals surface area contributed by atoms with Crippen molar-refractivity contribution in [2.45, 2.75) is 105 Å². The molecule has 0 N–H and O–H groups in total. The van der Waals surface area contributed by atoms with Crippen molar-refractivity contribution in [3.63, 3.8) is 0 Å². The molecule has 0 amide bonds. The van der Waals surface area contributed by atoms with E-state index in [1.165, 1.54) is 25.7 Å². The summed E-state index contributed by atoms with van der Waals surface area (Å²) >= 11 is 0. The molecule has 1 spiro atoms. The van der Waals surface area contributed by atoms with Crippen LogP contribution in [0.15, 0.2) is 0 Å². The number of ether oxygens (including phenoxy) is 6. The van der Waals surface area contributed by atoms with Crippen LogP contribution >= 0.6 is 0 Å². The minimum atomic E-state index is -0.992. The van der Waals surface area contributed by atoms with E-state index in [9.17, 15) is 0 Å². The molecule has 0 atom stereocenters. The second kappa shape index (κ2) is 9.94. The standard InChI is InChI=1S/C25H46O6/c1-8-24(26-14-20-10-12-21(13-11-20)19(3)4)27-15-23(16-28-24)17-29-25(9-2,30-18-23)31-22(5,6)7/h19-21H,8-18H2,1-7H3. The summed E-state index contributed by atoms with van der Waals surface area (Å²) in [5.41, 5.74) is -0.670. The van der Waals surface area contributed by atoms with E-state index in [4.69, 9.17) is 28.4 Å². The lowest BCUT2D eigenvalue weighted by molar-refractivity contribution is -0.474. The molecule has 3 fully saturated rings. The van der Waals surface area contributed by atoms with Crippen LogP contribution in [0.4, 0.5) is 0 Å². The molecule has 0 radical (unpaired) electrons. The molecule has 0 bridgehead atoms. The van der Waals surface area contributed by atoms with Crippen LogP contribution in [-0.4, -0.2) is 50.6 Å². The highest BCUT2D eigenvalue weighted by Crippen LogP contribution is 2.41. The van der Waals surface area contributed by atoms with E-state index in [2.05, 4.69) is 20.8 Å². The SMILES string of the molecule is CCC1(OCC2CCC(C(C)C)CC2)OCC2(CO1)COC(CC)(OC(C)(C)C)OC2. The van der Waals surface area contributed by atoms with Gasteiger partial charge < -0.3 is 28.4 Å². The Bertz CT molecular complexity index is 543. The van der Waals surface area contributed by atoms with E-state index in [-0.39, 0.29) is 11.0 Å². The molecular formula is C25H46O6. The van der Waals surface area contributed by atoms with Crippen LogP contribution in [-0.2, 0) is 28.4 Å². The van der Waals surface area contributed by atoms with Crippen molar-refractivity contribution in [1.82, 2.24) is 0 Å². The molecule has 0 unspecified atom stereocenters. The summed E-state index contributed by atoms with van der Waals surface area (Å²) in [6.07, 6.45) is 6.38. The number of hydrogen-bond donors (Lipinski definition) is 0. The van der Waals surface area contributed by atoms with E-state index in [0.717, 1.165) is 11.8 Å². The van der Waals surface area contributed by atoms with Gasteiger partial charge in [0.05, 0.1) is 44.1 Å². The van der Waals surface area contributed by atoms with E-state index in [1.807, 2.05) is 27.7 Å². The van der Waals surface area contributed by atoms with Gasteiger partial charge in [0.15, 0.2) is 0 Å². The average molecular weight is 443 g/mol. The van der Waals surface area contributed by atoms with Gasteiger partial charge in [0, 0.05) is 12.8 Å². The van der Waals surface area contributed by atoms with Crippen LogP contribution in [0.5, 0.6) is 0 Å². The Balaban J connectivity index is 1.48. The Kier molecular flexibility index (Phi) is 8.14. The fraction of sp³-hybridized carbons (Fsp3) is 1.00. The van der Waals surface area contributed by atoms with Gasteiger partial charge in [0.2, 0.25) is 0 Å². The maximum absolute atomic E-state index is 6.27. The third-order valence-corrected chi connectivity index (χ3v) is 7.09. The molecule has 2 saturated heterocycles. The Morgan fingerprint density at radius 1 is 0.806 bits per heavy atom. The minimum Gasteiger partial charge on any atom is -0.327 e. The zero-order valence-corrected chi connectivity index (χ0v) is 21.0. The molecule has 3 rings (SSSR count). The summed E-state index contributed by atoms with van der Waals surface area (Å²) in [7, 11) is 0. The van der Waals surface area contributed by atoms with Crippen molar-refractivity contribution >= 4 is 0 Å². The van der Waals surface area contributed by atoms with Crippen molar-refractivity contribution in [1.29, 1.82) is 0 Å². The van der Waals surface area contributed by atoms with Crippen molar-refractivity contribution in [2.75, 3.05) is 33.0 Å². The summed E-state index contributed by atoms with van der Waals surface area (Å²) in [5, 5.41) is 0. The first-order valence-electron chi connectivity index (χ1n) is 12.4. The fourth-order valence-corrected chi connectivity index (χ4v) is 4.84. The van der Waals surface area contributed by atoms with Gasteiger partial charge in [0.25, 0.3) is 11.9 Å². The predicted octanol–water partition coefficient (Wildman–Crippen LogP) is 5.49. The molecule has 182 valence electrons. The molecule has 1 aliphatic carbocycles. The summed E-state index contributed by atoms with van der Waals surface area (Å²) in [5.74, 6) is 0.310. The zero-order valence-electron chi connectivity index (χ0n) is 21.0. The van der Waals surface area contributed by atoms with E-state index in [0.29, 0.717) is 51.8 Å². The molecule has 0 aromatic rings. The average Bonchev–Trinajstić information content (AvgIpc) is 2.75. The number of hydrogen-bond acceptors (Lipinski definition) is 6. The van der Waals surface area contributed by atoms with Gasteiger partial charge in [-0.1, -0.05) is 27.7 Å². The normalized spacial score (nSPS) is 39.9. The smallest absolute Gasteiger partial charge is 0.283 e. The molecule has 3 aliphatic rings. The Morgan fingerprint density at radius 3 is 1.71 bits per heavy atom. The van der Waals surface area contributed by atoms with Crippen LogP contribution in [0.25, 0.3) is 0 Å². The monoisotopic (exact) mass is 442 g/mol. The van der Waals surface area contributed by atoms with Crippen molar-refractivity contribution in [3.05, 3.63) is 0 Å². The molecular weight excluding hydrogens is 396 g/mol. The summed E-state index contributed by atoms with van der Waals surface area (Å²) < 4.78 is 37.0. The predicted molar refractivity (Wildman–Crippen MR) is 119 cm³/mol. The fourth-order valence-electron chi connectivity index (χ4n) is 4.84. The highest BCUT2D eigenvalue weighted by molar-refractivity contribution is 4.87. The summed E-state index contributed by atoms with van der Waals surface area (Å²) in [4.78, 5) is 0. The van der Waals surface area contributed by atoms with Crippen LogP contribution in [0.3, 0.4) is 0 Å². The van der Waals surface area contributed by atoms with Crippen molar-refractivity contribution < 1.29 is 28.4 Å². The van der Waals surface area contributed by atoms with Crippen LogP contribution in [0.2, 0.25) is 0 Å². The summed E-state index contributed by atoms with van der Waals surface area (Å²) in [6.45, 7) is 17.4. The third kappa shape index (κ3) is 6.42. The maximum Gasteiger partial charge on any atom is 0.283 e. The molecule has 6 nitrogen and oxygen atoms in total. The van der Waals surface area contributed by atoms with Gasteiger partial charge in [0.1, 0.15) is 0 Å². The molecule has 31 heavy (non-hydrogen) atoms. The van der Waals surface area contributed by atoms with Gasteiger partial charge in [-0.2, -0.15) is 0 Å². The highest BCUT2D eigenvalue weighted by atomic mass is 16.9. The Labute approximate surface area is 189 Å². The largest absolute Gasteiger partial charge is 0.327 e. The molecule has 0 aromatic heterocycles. The molecule has 0 aromatic carbocycles. The van der Waals surface area contributed by atoms with E-state index in [1.54, 1.807) is 0 Å². The molecule has 6 heteroatoms. The Morgan fingerprint density at radius 2 is 1.29 bits per heavy atom. The molecule has 1 saturated carbocycles. The lowest BCUT2D eigenvalue weighted by atomic mass is 9.77. The summed E-state index contributed by atoms with van der Waals surface area (Å²) in [6, 6.07) is 0. The first kappa shape index (κ1) is 25.4. The first-order valence-corrected chi connectivity index (χ1v) is 12.4. The molecule has 2 heterocycles. The quantitative estimate of drug-likeness (QED) is 0.520. The van der Waals surface area contributed by atoms with Crippen molar-refractivity contribution in [3.8, 4) is 0 Å². The van der Waals surface area contributed by atoms with Crippen molar-refractivity contribution in [2.24, 2.45) is 23.2 Å². The van der Waals surface area contributed by atoms with Gasteiger partial charge >= 0.3 is 0 Å². The lowest BCUT2D eigenvalue weighted by Gasteiger charge is -2.51. The third-order valence-electron chi connectivity index (χ3n) is 7.09. The maximum atomic E-state index is 6.27. The second-order valence-electron chi connectivity index (χ2n) is 11.3. The first-order chi connectivity index (χ1) is 14.5. The van der Waals surface area contributed by atoms with Crippen LogP contribution in [0, 0.1) is 23.2 Å². The number of rotatable bonds is 7. The zero-order chi connectivity index (χ0) is 22.8. The highest BCUT2D eigenvalue weighted by Gasteiger charge is 2.52. The van der Waals surface area contributed by atoms with E-state index >= 15 is 0 Å². The van der Waals surface area contributed by atoms with Gasteiger partial charge in [-0.3, -0.25) is 0 Å². The van der Waals surface area contributed by atoms with Gasteiger partial charge in [-0.05, 0) is 64.2 Å². The topological polar surface area (TPSA) is 55.4 Å². The minimum absolute atomic E-state index is 0.322. The van der Waals surface area contributed by atoms with E-state index < -0.39 is 11.9 Å². The van der Waals surface area contributed by atoms with Crippen LogP contribution < -0.4 is 0 Å².